The van der Waals surface area contributed by atoms with E-state index in [1.807, 2.05) is 37.3 Å². The molecule has 0 spiro atoms. The van der Waals surface area contributed by atoms with E-state index in [9.17, 15) is 14.4 Å². The average Bonchev–Trinajstić information content (AvgIpc) is 2.75. The van der Waals surface area contributed by atoms with Gasteiger partial charge in [0.1, 0.15) is 24.0 Å². The van der Waals surface area contributed by atoms with E-state index in [4.69, 9.17) is 13.9 Å². The van der Waals surface area contributed by atoms with Crippen LogP contribution in [0.2, 0.25) is 0 Å². The summed E-state index contributed by atoms with van der Waals surface area (Å²) in [4.78, 5) is 36.4. The van der Waals surface area contributed by atoms with Crippen LogP contribution in [0, 0.1) is 6.92 Å². The number of rotatable bonds is 7. The monoisotopic (exact) mass is 423 g/mol. The Morgan fingerprint density at radius 1 is 1.13 bits per heavy atom. The molecule has 0 aliphatic rings. The molecule has 0 aliphatic heterocycles. The summed E-state index contributed by atoms with van der Waals surface area (Å²) in [5.74, 6) is -0.397. The third kappa shape index (κ3) is 5.51. The lowest BCUT2D eigenvalue weighted by Crippen LogP contribution is -2.41. The molecule has 3 rings (SSSR count). The fraction of sp³-hybridized carbons (Fsp3) is 0.292. The number of benzene rings is 2. The highest BCUT2D eigenvalue weighted by molar-refractivity contribution is 5.87. The number of nitrogens with one attached hydrogen (secondary N) is 1. The fourth-order valence-corrected chi connectivity index (χ4v) is 3.19. The molecule has 0 bridgehead atoms. The van der Waals surface area contributed by atoms with E-state index in [0.717, 1.165) is 29.4 Å². The molecule has 2 aromatic carbocycles. The molecule has 0 radical (unpaired) electrons. The molecule has 31 heavy (non-hydrogen) atoms. The summed E-state index contributed by atoms with van der Waals surface area (Å²) < 4.78 is 15.9. The maximum absolute atomic E-state index is 12.5. The van der Waals surface area contributed by atoms with Crippen LogP contribution < -0.4 is 15.7 Å². The smallest absolute Gasteiger partial charge is 0.408 e. The first-order valence-corrected chi connectivity index (χ1v) is 10.1. The van der Waals surface area contributed by atoms with Gasteiger partial charge in [0.25, 0.3) is 0 Å². The number of esters is 1. The topological polar surface area (TPSA) is 94.8 Å². The molecule has 1 aromatic heterocycles. The van der Waals surface area contributed by atoms with Crippen molar-refractivity contribution in [2.45, 2.75) is 46.3 Å². The number of amides is 1. The molecule has 3 aromatic rings. The molecule has 0 saturated carbocycles. The Hall–Kier alpha value is -3.61. The minimum Gasteiger partial charge on any atom is -0.445 e. The van der Waals surface area contributed by atoms with Gasteiger partial charge in [-0.2, -0.15) is 0 Å². The number of hydrogen-bond donors (Lipinski definition) is 1. The van der Waals surface area contributed by atoms with Crippen LogP contribution in [0.4, 0.5) is 4.79 Å². The van der Waals surface area contributed by atoms with Crippen molar-refractivity contribution < 1.29 is 23.5 Å². The van der Waals surface area contributed by atoms with Gasteiger partial charge >= 0.3 is 17.7 Å². The van der Waals surface area contributed by atoms with Crippen LogP contribution in [0.3, 0.4) is 0 Å². The average molecular weight is 423 g/mol. The number of ether oxygens (including phenoxy) is 2. The molecule has 1 N–H and O–H groups in total. The Morgan fingerprint density at radius 2 is 1.87 bits per heavy atom. The van der Waals surface area contributed by atoms with Crippen molar-refractivity contribution in [3.63, 3.8) is 0 Å². The Morgan fingerprint density at radius 3 is 2.58 bits per heavy atom. The third-order valence-corrected chi connectivity index (χ3v) is 4.83. The predicted molar refractivity (Wildman–Crippen MR) is 116 cm³/mol. The van der Waals surface area contributed by atoms with E-state index in [1.165, 1.54) is 13.0 Å². The first-order valence-electron chi connectivity index (χ1n) is 10.1. The zero-order chi connectivity index (χ0) is 22.4. The van der Waals surface area contributed by atoms with Gasteiger partial charge in [0.2, 0.25) is 0 Å². The number of carbonyl (C=O) groups is 2. The summed E-state index contributed by atoms with van der Waals surface area (Å²) >= 11 is 0. The van der Waals surface area contributed by atoms with Gasteiger partial charge in [-0.3, -0.25) is 0 Å². The normalized spacial score (nSPS) is 11.7. The summed E-state index contributed by atoms with van der Waals surface area (Å²) in [7, 11) is 0. The lowest BCUT2D eigenvalue weighted by Gasteiger charge is -2.15. The van der Waals surface area contributed by atoms with E-state index < -0.39 is 23.7 Å². The molecule has 0 fully saturated rings. The van der Waals surface area contributed by atoms with Gasteiger partial charge in [0, 0.05) is 17.0 Å². The first kappa shape index (κ1) is 22.1. The van der Waals surface area contributed by atoms with Crippen LogP contribution in [-0.2, 0) is 22.6 Å². The zero-order valence-corrected chi connectivity index (χ0v) is 17.8. The Labute approximate surface area is 180 Å². The molecule has 162 valence electrons. The SMILES string of the molecule is CCCc1cc(=O)oc2c(C)c(OC(=O)[C@H](C)NC(=O)OCc3ccccc3)ccc12. The second-order valence-corrected chi connectivity index (χ2v) is 7.25. The maximum atomic E-state index is 12.5. The number of aryl methyl sites for hydroxylation is 2. The molecule has 0 unspecified atom stereocenters. The number of hydrogen-bond acceptors (Lipinski definition) is 6. The maximum Gasteiger partial charge on any atom is 0.408 e. The van der Waals surface area contributed by atoms with Crippen molar-refractivity contribution in [3.05, 3.63) is 75.6 Å². The molecule has 0 saturated heterocycles. The number of alkyl carbamates (subject to hydrolysis) is 1. The van der Waals surface area contributed by atoms with E-state index in [0.29, 0.717) is 11.1 Å². The van der Waals surface area contributed by atoms with E-state index in [1.54, 1.807) is 19.1 Å². The summed E-state index contributed by atoms with van der Waals surface area (Å²) in [6.45, 7) is 5.35. The van der Waals surface area contributed by atoms with Crippen molar-refractivity contribution >= 4 is 23.0 Å². The highest BCUT2D eigenvalue weighted by Gasteiger charge is 2.21. The van der Waals surface area contributed by atoms with Crippen LogP contribution in [0.1, 0.15) is 37.0 Å². The highest BCUT2D eigenvalue weighted by atomic mass is 16.6. The molecular weight excluding hydrogens is 398 g/mol. The van der Waals surface area contributed by atoms with Gasteiger partial charge in [-0.05, 0) is 43.5 Å². The van der Waals surface area contributed by atoms with Crippen LogP contribution in [0.5, 0.6) is 5.75 Å². The lowest BCUT2D eigenvalue weighted by atomic mass is 10.0. The Bertz CT molecular complexity index is 1140. The van der Waals surface area contributed by atoms with Crippen molar-refractivity contribution in [3.8, 4) is 5.75 Å². The van der Waals surface area contributed by atoms with Gasteiger partial charge in [-0.15, -0.1) is 0 Å². The molecule has 7 heteroatoms. The van der Waals surface area contributed by atoms with Crippen LogP contribution in [0.25, 0.3) is 11.0 Å². The molecule has 1 atom stereocenters. The zero-order valence-electron chi connectivity index (χ0n) is 17.8. The van der Waals surface area contributed by atoms with Crippen molar-refractivity contribution in [1.82, 2.24) is 5.32 Å². The highest BCUT2D eigenvalue weighted by Crippen LogP contribution is 2.29. The van der Waals surface area contributed by atoms with Gasteiger partial charge in [-0.1, -0.05) is 43.7 Å². The summed E-state index contributed by atoms with van der Waals surface area (Å²) in [6, 6.07) is 13.2. The molecule has 1 heterocycles. The molecule has 1 amide bonds. The summed E-state index contributed by atoms with van der Waals surface area (Å²) in [6.07, 6.45) is 0.906. The van der Waals surface area contributed by atoms with Gasteiger partial charge < -0.3 is 19.2 Å². The Balaban J connectivity index is 1.67. The largest absolute Gasteiger partial charge is 0.445 e. The van der Waals surface area contributed by atoms with E-state index >= 15 is 0 Å². The fourth-order valence-electron chi connectivity index (χ4n) is 3.19. The lowest BCUT2D eigenvalue weighted by molar-refractivity contribution is -0.136. The molecular formula is C24H25NO6. The predicted octanol–water partition coefficient (Wildman–Crippen LogP) is 4.27. The Kier molecular flexibility index (Phi) is 7.07. The standard InChI is InChI=1S/C24H25NO6/c1-4-8-18-13-21(26)31-22-15(2)20(12-11-19(18)22)30-23(27)16(3)25-24(28)29-14-17-9-6-5-7-10-17/h5-7,9-13,16H,4,8,14H2,1-3H3,(H,25,28)/t16-/m0/s1. The number of carbonyl (C=O) groups excluding carboxylic acids is 2. The van der Waals surface area contributed by atoms with E-state index in [-0.39, 0.29) is 12.4 Å². The van der Waals surface area contributed by atoms with Crippen LogP contribution in [-0.4, -0.2) is 18.1 Å². The van der Waals surface area contributed by atoms with Crippen molar-refractivity contribution in [1.29, 1.82) is 0 Å². The van der Waals surface area contributed by atoms with Crippen molar-refractivity contribution in [2.24, 2.45) is 0 Å². The third-order valence-electron chi connectivity index (χ3n) is 4.83. The quantitative estimate of drug-likeness (QED) is 0.346. The first-order chi connectivity index (χ1) is 14.9. The van der Waals surface area contributed by atoms with Crippen molar-refractivity contribution in [2.75, 3.05) is 0 Å². The minimum atomic E-state index is -0.934. The molecule has 0 aliphatic carbocycles. The second-order valence-electron chi connectivity index (χ2n) is 7.25. The van der Waals surface area contributed by atoms with Gasteiger partial charge in [0.15, 0.2) is 0 Å². The van der Waals surface area contributed by atoms with E-state index in [2.05, 4.69) is 5.32 Å². The van der Waals surface area contributed by atoms with Gasteiger partial charge in [0.05, 0.1) is 0 Å². The summed E-state index contributed by atoms with van der Waals surface area (Å²) in [5, 5.41) is 3.27. The van der Waals surface area contributed by atoms with Crippen LogP contribution >= 0.6 is 0 Å². The summed E-state index contributed by atoms with van der Waals surface area (Å²) in [5.41, 5.74) is 2.22. The minimum absolute atomic E-state index is 0.0946. The second kappa shape index (κ2) is 9.93. The number of fused-ring (bicyclic) bond motifs is 1. The molecule has 7 nitrogen and oxygen atoms in total. The van der Waals surface area contributed by atoms with Crippen LogP contribution in [0.15, 0.2) is 57.7 Å². The van der Waals surface area contributed by atoms with Gasteiger partial charge in [-0.25, -0.2) is 14.4 Å².